The van der Waals surface area contributed by atoms with E-state index < -0.39 is 0 Å². The van der Waals surface area contributed by atoms with Crippen molar-refractivity contribution in [2.45, 2.75) is 13.3 Å². The molecule has 0 atom stereocenters. The molecule has 0 unspecified atom stereocenters. The van der Waals surface area contributed by atoms with Gasteiger partial charge in [-0.1, -0.05) is 29.8 Å². The summed E-state index contributed by atoms with van der Waals surface area (Å²) in [5, 5.41) is 22.6. The average Bonchev–Trinajstić information content (AvgIpc) is 3.20. The molecule has 7 nitrogen and oxygen atoms in total. The molecule has 0 aliphatic carbocycles. The van der Waals surface area contributed by atoms with E-state index in [4.69, 9.17) is 4.42 Å². The van der Waals surface area contributed by atoms with Gasteiger partial charge in [-0.05, 0) is 17.7 Å². The van der Waals surface area contributed by atoms with Crippen LogP contribution >= 0.6 is 0 Å². The van der Waals surface area contributed by atoms with Gasteiger partial charge in [-0.15, -0.1) is 10.2 Å². The summed E-state index contributed by atoms with van der Waals surface area (Å²) in [6, 6.07) is 8.03. The second-order valence-electron chi connectivity index (χ2n) is 5.10. The minimum absolute atomic E-state index is 0.0399. The first-order valence-electron chi connectivity index (χ1n) is 6.93. The lowest BCUT2D eigenvalue weighted by Gasteiger charge is -2.02. The maximum atomic E-state index is 12.3. The number of aliphatic hydroxyl groups is 1. The molecular weight excluding hydrogens is 296 g/mol. The molecule has 0 amide bonds. The lowest BCUT2D eigenvalue weighted by Crippen LogP contribution is -2.00. The van der Waals surface area contributed by atoms with Gasteiger partial charge in [-0.25, -0.2) is 0 Å². The zero-order chi connectivity index (χ0) is 16.2. The number of aromatic amines is 1. The van der Waals surface area contributed by atoms with Crippen molar-refractivity contribution in [1.82, 2.24) is 20.6 Å². The predicted molar refractivity (Wildman–Crippen MR) is 81.8 cm³/mol. The lowest BCUT2D eigenvalue weighted by atomic mass is 10.0. The Labute approximate surface area is 131 Å². The first-order chi connectivity index (χ1) is 11.1. The van der Waals surface area contributed by atoms with Crippen LogP contribution < -0.4 is 0 Å². The number of benzene rings is 1. The van der Waals surface area contributed by atoms with E-state index >= 15 is 0 Å². The van der Waals surface area contributed by atoms with E-state index in [2.05, 4.69) is 20.6 Å². The quantitative estimate of drug-likeness (QED) is 0.426. The summed E-state index contributed by atoms with van der Waals surface area (Å²) in [4.78, 5) is 12.3. The summed E-state index contributed by atoms with van der Waals surface area (Å²) >= 11 is 0. The summed E-state index contributed by atoms with van der Waals surface area (Å²) in [7, 11) is 0. The van der Waals surface area contributed by atoms with Crippen molar-refractivity contribution in [3.8, 4) is 0 Å². The molecule has 1 aromatic carbocycles. The molecule has 2 aromatic heterocycles. The largest absolute Gasteiger partial charge is 0.504 e. The molecular formula is C16H14N4O3. The van der Waals surface area contributed by atoms with Crippen LogP contribution in [-0.4, -0.2) is 31.5 Å². The van der Waals surface area contributed by atoms with Gasteiger partial charge < -0.3 is 9.52 Å². The number of nitrogens with zero attached hydrogens (tertiary/aromatic N) is 3. The molecule has 0 aliphatic rings. The maximum absolute atomic E-state index is 12.3. The molecule has 116 valence electrons. The van der Waals surface area contributed by atoms with Crippen molar-refractivity contribution in [1.29, 1.82) is 0 Å². The fraction of sp³-hybridized carbons (Fsp3) is 0.125. The molecule has 3 rings (SSSR count). The van der Waals surface area contributed by atoms with Crippen molar-refractivity contribution in [2.24, 2.45) is 0 Å². The number of rotatable bonds is 5. The minimum Gasteiger partial charge on any atom is -0.504 e. The van der Waals surface area contributed by atoms with Gasteiger partial charge in [0.15, 0.2) is 11.5 Å². The fourth-order valence-corrected chi connectivity index (χ4v) is 2.14. The van der Waals surface area contributed by atoms with E-state index in [1.807, 2.05) is 31.2 Å². The summed E-state index contributed by atoms with van der Waals surface area (Å²) in [5.74, 6) is -0.781. The first-order valence-corrected chi connectivity index (χ1v) is 6.93. The Morgan fingerprint density at radius 2 is 2.09 bits per heavy atom. The number of H-pyrrole nitrogens is 1. The molecule has 0 saturated carbocycles. The van der Waals surface area contributed by atoms with Crippen LogP contribution in [0.5, 0.6) is 0 Å². The number of aryl methyl sites for hydroxylation is 1. The first kappa shape index (κ1) is 14.7. The Morgan fingerprint density at radius 1 is 1.30 bits per heavy atom. The Balaban J connectivity index is 1.81. The van der Waals surface area contributed by atoms with Crippen molar-refractivity contribution < 1.29 is 14.3 Å². The highest BCUT2D eigenvalue weighted by Gasteiger charge is 2.15. The van der Waals surface area contributed by atoms with Crippen molar-refractivity contribution in [2.75, 3.05) is 0 Å². The van der Waals surface area contributed by atoms with Gasteiger partial charge >= 0.3 is 0 Å². The average molecular weight is 310 g/mol. The number of carbonyl (C=O) groups is 1. The van der Waals surface area contributed by atoms with Crippen molar-refractivity contribution in [3.05, 3.63) is 70.9 Å². The molecule has 7 heteroatoms. The van der Waals surface area contributed by atoms with E-state index in [1.54, 1.807) is 0 Å². The SMILES string of the molecule is Cc1ccc(Cc2cocc2C(=O)C=C(O)c2nn[nH]n2)cc1. The summed E-state index contributed by atoms with van der Waals surface area (Å²) in [6.07, 6.45) is 4.52. The summed E-state index contributed by atoms with van der Waals surface area (Å²) < 4.78 is 5.15. The molecule has 0 radical (unpaired) electrons. The van der Waals surface area contributed by atoms with Gasteiger partial charge in [0.25, 0.3) is 0 Å². The third-order valence-electron chi connectivity index (χ3n) is 3.37. The molecule has 0 saturated heterocycles. The van der Waals surface area contributed by atoms with E-state index in [-0.39, 0.29) is 17.4 Å². The maximum Gasteiger partial charge on any atom is 0.239 e. The zero-order valence-electron chi connectivity index (χ0n) is 12.4. The van der Waals surface area contributed by atoms with Crippen LogP contribution in [0.3, 0.4) is 0 Å². The highest BCUT2D eigenvalue weighted by Crippen LogP contribution is 2.18. The highest BCUT2D eigenvalue weighted by molar-refractivity contribution is 6.08. The molecule has 3 aromatic rings. The fourth-order valence-electron chi connectivity index (χ4n) is 2.14. The Bertz CT molecular complexity index is 833. The second kappa shape index (κ2) is 6.27. The zero-order valence-corrected chi connectivity index (χ0v) is 12.4. The minimum atomic E-state index is -0.386. The van der Waals surface area contributed by atoms with Crippen LogP contribution in [-0.2, 0) is 6.42 Å². The molecule has 2 heterocycles. The van der Waals surface area contributed by atoms with Gasteiger partial charge in [0.2, 0.25) is 5.82 Å². The number of allylic oxidation sites excluding steroid dienone is 1. The van der Waals surface area contributed by atoms with Crippen LogP contribution in [0.4, 0.5) is 0 Å². The number of furan rings is 1. The van der Waals surface area contributed by atoms with E-state index in [1.165, 1.54) is 18.1 Å². The second-order valence-corrected chi connectivity index (χ2v) is 5.10. The van der Waals surface area contributed by atoms with E-state index in [0.29, 0.717) is 12.0 Å². The molecule has 2 N–H and O–H groups in total. The molecule has 0 spiro atoms. The Hall–Kier alpha value is -3.22. The number of hydrogen-bond acceptors (Lipinski definition) is 6. The smallest absolute Gasteiger partial charge is 0.239 e. The van der Waals surface area contributed by atoms with Crippen LogP contribution in [0.1, 0.15) is 32.9 Å². The molecule has 23 heavy (non-hydrogen) atoms. The van der Waals surface area contributed by atoms with E-state index in [9.17, 15) is 9.90 Å². The monoisotopic (exact) mass is 310 g/mol. The summed E-state index contributed by atoms with van der Waals surface area (Å²) in [6.45, 7) is 2.02. The highest BCUT2D eigenvalue weighted by atomic mass is 16.3. The topological polar surface area (TPSA) is 105 Å². The third-order valence-corrected chi connectivity index (χ3v) is 3.37. The number of tetrazole rings is 1. The standard InChI is InChI=1S/C16H14N4O3/c1-10-2-4-11(5-3-10)6-12-8-23-9-13(12)14(21)7-15(22)16-17-19-20-18-16/h2-5,7-9,22H,6H2,1H3,(H,17,18,19,20). The molecule has 0 bridgehead atoms. The number of hydrogen-bond donors (Lipinski definition) is 2. The van der Waals surface area contributed by atoms with Gasteiger partial charge in [-0.3, -0.25) is 4.79 Å². The van der Waals surface area contributed by atoms with Gasteiger partial charge in [0, 0.05) is 18.1 Å². The molecule has 0 fully saturated rings. The van der Waals surface area contributed by atoms with Crippen LogP contribution in [0.15, 0.2) is 47.3 Å². The number of carbonyl (C=O) groups excluding carboxylic acids is 1. The number of aromatic nitrogens is 4. The van der Waals surface area contributed by atoms with Crippen molar-refractivity contribution >= 4 is 11.5 Å². The van der Waals surface area contributed by atoms with Gasteiger partial charge in [-0.2, -0.15) is 5.21 Å². The van der Waals surface area contributed by atoms with E-state index in [0.717, 1.165) is 17.2 Å². The van der Waals surface area contributed by atoms with Crippen LogP contribution in [0.2, 0.25) is 0 Å². The normalized spacial score (nSPS) is 11.6. The number of ketones is 1. The number of nitrogens with one attached hydrogen (secondary N) is 1. The van der Waals surface area contributed by atoms with Crippen LogP contribution in [0, 0.1) is 6.92 Å². The Kier molecular flexibility index (Phi) is 4.01. The Morgan fingerprint density at radius 3 is 2.78 bits per heavy atom. The van der Waals surface area contributed by atoms with Gasteiger partial charge in [0.1, 0.15) is 6.26 Å². The predicted octanol–water partition coefficient (Wildman–Crippen LogP) is 2.47. The lowest BCUT2D eigenvalue weighted by molar-refractivity contribution is 0.104. The third kappa shape index (κ3) is 3.34. The van der Waals surface area contributed by atoms with Gasteiger partial charge in [0.05, 0.1) is 11.8 Å². The van der Waals surface area contributed by atoms with Crippen molar-refractivity contribution in [3.63, 3.8) is 0 Å². The van der Waals surface area contributed by atoms with Crippen LogP contribution in [0.25, 0.3) is 5.76 Å². The summed E-state index contributed by atoms with van der Waals surface area (Å²) in [5.41, 5.74) is 3.37. The number of aliphatic hydroxyl groups excluding tert-OH is 1. The molecule has 0 aliphatic heterocycles.